The van der Waals surface area contributed by atoms with Crippen LogP contribution < -0.4 is 20.7 Å². The Labute approximate surface area is 140 Å². The number of hydrogen-bond donors (Lipinski definition) is 3. The monoisotopic (exact) mass is 327 g/mol. The standard InChI is InChI=1S/C18H21N3O3/c1-12(19)17-11-21(10-13-5-3-2-4-6-13)15-9-14(20-18(22)23)7-8-16(15)24-17/h2-9,12,17,20H,10-11,19H2,1H3,(H,22,23)/t12-,17?/m1/s1. The van der Waals surface area contributed by atoms with Crippen LogP contribution in [0.3, 0.4) is 0 Å². The van der Waals surface area contributed by atoms with Crippen molar-refractivity contribution < 1.29 is 14.6 Å². The molecule has 1 unspecified atom stereocenters. The molecule has 4 N–H and O–H groups in total. The minimum Gasteiger partial charge on any atom is -0.485 e. The number of nitrogens with one attached hydrogen (secondary N) is 1. The molecule has 2 aromatic carbocycles. The number of rotatable bonds is 4. The number of amides is 1. The van der Waals surface area contributed by atoms with Gasteiger partial charge in [0.25, 0.3) is 0 Å². The zero-order chi connectivity index (χ0) is 17.1. The fourth-order valence-electron chi connectivity index (χ4n) is 2.81. The molecule has 3 rings (SSSR count). The van der Waals surface area contributed by atoms with Crippen LogP contribution >= 0.6 is 0 Å². The highest BCUT2D eigenvalue weighted by molar-refractivity contribution is 5.84. The van der Waals surface area contributed by atoms with Gasteiger partial charge in [-0.05, 0) is 30.7 Å². The van der Waals surface area contributed by atoms with Crippen molar-refractivity contribution in [1.82, 2.24) is 0 Å². The van der Waals surface area contributed by atoms with Gasteiger partial charge in [-0.1, -0.05) is 30.3 Å². The van der Waals surface area contributed by atoms with E-state index in [2.05, 4.69) is 22.3 Å². The highest BCUT2D eigenvalue weighted by Gasteiger charge is 2.28. The zero-order valence-corrected chi connectivity index (χ0v) is 13.5. The predicted molar refractivity (Wildman–Crippen MR) is 93.6 cm³/mol. The number of ether oxygens (including phenoxy) is 1. The van der Waals surface area contributed by atoms with Gasteiger partial charge in [-0.2, -0.15) is 0 Å². The Balaban J connectivity index is 1.93. The first-order valence-corrected chi connectivity index (χ1v) is 7.88. The lowest BCUT2D eigenvalue weighted by molar-refractivity contribution is 0.170. The van der Waals surface area contributed by atoms with Crippen molar-refractivity contribution in [3.63, 3.8) is 0 Å². The van der Waals surface area contributed by atoms with E-state index in [0.29, 0.717) is 18.8 Å². The molecular weight excluding hydrogens is 306 g/mol. The molecule has 1 amide bonds. The van der Waals surface area contributed by atoms with Crippen molar-refractivity contribution in [3.05, 3.63) is 54.1 Å². The number of fused-ring (bicyclic) bond motifs is 1. The summed E-state index contributed by atoms with van der Waals surface area (Å²) in [6.07, 6.45) is -1.20. The molecule has 0 fully saturated rings. The summed E-state index contributed by atoms with van der Waals surface area (Å²) >= 11 is 0. The summed E-state index contributed by atoms with van der Waals surface area (Å²) in [7, 11) is 0. The van der Waals surface area contributed by atoms with Gasteiger partial charge in [0.05, 0.1) is 12.2 Å². The first kappa shape index (κ1) is 16.1. The highest BCUT2D eigenvalue weighted by atomic mass is 16.5. The van der Waals surface area contributed by atoms with E-state index in [1.54, 1.807) is 18.2 Å². The number of anilines is 2. The first-order chi connectivity index (χ1) is 11.5. The lowest BCUT2D eigenvalue weighted by atomic mass is 10.1. The molecule has 1 aliphatic rings. The number of carbonyl (C=O) groups is 1. The second-order valence-electron chi connectivity index (χ2n) is 5.99. The minimum absolute atomic E-state index is 0.103. The highest BCUT2D eigenvalue weighted by Crippen LogP contribution is 2.37. The molecule has 0 saturated carbocycles. The van der Waals surface area contributed by atoms with E-state index >= 15 is 0 Å². The third-order valence-electron chi connectivity index (χ3n) is 4.03. The average Bonchev–Trinajstić information content (AvgIpc) is 2.55. The van der Waals surface area contributed by atoms with E-state index in [1.807, 2.05) is 25.1 Å². The number of carboxylic acid groups (broad SMARTS) is 1. The molecule has 0 aliphatic carbocycles. The maximum Gasteiger partial charge on any atom is 0.409 e. The fraction of sp³-hybridized carbons (Fsp3) is 0.278. The quantitative estimate of drug-likeness (QED) is 0.803. The molecule has 0 aromatic heterocycles. The Kier molecular flexibility index (Phi) is 4.57. The van der Waals surface area contributed by atoms with Gasteiger partial charge < -0.3 is 20.5 Å². The third kappa shape index (κ3) is 3.60. The number of hydrogen-bond acceptors (Lipinski definition) is 4. The molecule has 6 heteroatoms. The molecule has 24 heavy (non-hydrogen) atoms. The number of nitrogens with two attached hydrogens (primary N) is 1. The van der Waals surface area contributed by atoms with Crippen molar-refractivity contribution in [2.75, 3.05) is 16.8 Å². The van der Waals surface area contributed by atoms with Gasteiger partial charge in [0.2, 0.25) is 0 Å². The van der Waals surface area contributed by atoms with Crippen LogP contribution in [-0.4, -0.2) is 29.9 Å². The molecule has 2 aromatic rings. The van der Waals surface area contributed by atoms with Crippen LogP contribution in [0.25, 0.3) is 0 Å². The fourth-order valence-corrected chi connectivity index (χ4v) is 2.81. The lowest BCUT2D eigenvalue weighted by Crippen LogP contribution is -2.48. The first-order valence-electron chi connectivity index (χ1n) is 7.88. The van der Waals surface area contributed by atoms with E-state index in [4.69, 9.17) is 15.6 Å². The predicted octanol–water partition coefficient (Wildman–Crippen LogP) is 2.89. The van der Waals surface area contributed by atoms with Gasteiger partial charge in [-0.15, -0.1) is 0 Å². The summed E-state index contributed by atoms with van der Waals surface area (Å²) in [5.74, 6) is 0.718. The summed E-state index contributed by atoms with van der Waals surface area (Å²) in [5.41, 5.74) is 8.58. The normalized spacial score (nSPS) is 17.6. The topological polar surface area (TPSA) is 87.8 Å². The van der Waals surface area contributed by atoms with E-state index in [9.17, 15) is 4.79 Å². The Hall–Kier alpha value is -2.73. The zero-order valence-electron chi connectivity index (χ0n) is 13.5. The van der Waals surface area contributed by atoms with Crippen molar-refractivity contribution in [3.8, 4) is 5.75 Å². The lowest BCUT2D eigenvalue weighted by Gasteiger charge is -2.38. The molecular formula is C18H21N3O3. The summed E-state index contributed by atoms with van der Waals surface area (Å²) in [6, 6.07) is 15.3. The molecule has 1 aliphatic heterocycles. The molecule has 6 nitrogen and oxygen atoms in total. The van der Waals surface area contributed by atoms with Crippen molar-refractivity contribution >= 4 is 17.5 Å². The molecule has 2 atom stereocenters. The van der Waals surface area contributed by atoms with Crippen LogP contribution in [0.15, 0.2) is 48.5 Å². The van der Waals surface area contributed by atoms with Crippen LogP contribution in [0.1, 0.15) is 12.5 Å². The summed E-state index contributed by atoms with van der Waals surface area (Å²) in [4.78, 5) is 13.1. The van der Waals surface area contributed by atoms with Crippen LogP contribution in [0.2, 0.25) is 0 Å². The maximum atomic E-state index is 10.9. The van der Waals surface area contributed by atoms with E-state index in [0.717, 1.165) is 11.4 Å². The van der Waals surface area contributed by atoms with Gasteiger partial charge in [0.1, 0.15) is 11.9 Å². The molecule has 0 saturated heterocycles. The van der Waals surface area contributed by atoms with E-state index < -0.39 is 6.09 Å². The molecule has 0 radical (unpaired) electrons. The van der Waals surface area contributed by atoms with Crippen LogP contribution in [0.4, 0.5) is 16.2 Å². The van der Waals surface area contributed by atoms with Crippen molar-refractivity contribution in [1.29, 1.82) is 0 Å². The Morgan fingerprint density at radius 1 is 1.38 bits per heavy atom. The van der Waals surface area contributed by atoms with Gasteiger partial charge in [-0.3, -0.25) is 5.32 Å². The van der Waals surface area contributed by atoms with Crippen molar-refractivity contribution in [2.45, 2.75) is 25.6 Å². The number of benzene rings is 2. The second-order valence-corrected chi connectivity index (χ2v) is 5.99. The van der Waals surface area contributed by atoms with Gasteiger partial charge in [0, 0.05) is 18.3 Å². The smallest absolute Gasteiger partial charge is 0.409 e. The maximum absolute atomic E-state index is 10.9. The van der Waals surface area contributed by atoms with E-state index in [-0.39, 0.29) is 12.1 Å². The van der Waals surface area contributed by atoms with Gasteiger partial charge in [-0.25, -0.2) is 4.79 Å². The third-order valence-corrected chi connectivity index (χ3v) is 4.03. The van der Waals surface area contributed by atoms with Crippen LogP contribution in [0, 0.1) is 0 Å². The Morgan fingerprint density at radius 3 is 2.79 bits per heavy atom. The van der Waals surface area contributed by atoms with Crippen molar-refractivity contribution in [2.24, 2.45) is 5.73 Å². The SMILES string of the molecule is C[C@@H](N)C1CN(Cc2ccccc2)c2cc(NC(=O)O)ccc2O1. The molecule has 1 heterocycles. The van der Waals surface area contributed by atoms with E-state index in [1.165, 1.54) is 5.56 Å². The molecule has 126 valence electrons. The summed E-state index contributed by atoms with van der Waals surface area (Å²) in [6.45, 7) is 3.28. The Morgan fingerprint density at radius 2 is 2.12 bits per heavy atom. The van der Waals surface area contributed by atoms with Gasteiger partial charge >= 0.3 is 6.09 Å². The second kappa shape index (κ2) is 6.80. The summed E-state index contributed by atoms with van der Waals surface area (Å²) in [5, 5.41) is 11.3. The van der Waals surface area contributed by atoms with Crippen LogP contribution in [-0.2, 0) is 6.54 Å². The molecule has 0 bridgehead atoms. The minimum atomic E-state index is -1.09. The Bertz CT molecular complexity index is 719. The van der Waals surface area contributed by atoms with Crippen LogP contribution in [0.5, 0.6) is 5.75 Å². The average molecular weight is 327 g/mol. The van der Waals surface area contributed by atoms with Gasteiger partial charge in [0.15, 0.2) is 0 Å². The summed E-state index contributed by atoms with van der Waals surface area (Å²) < 4.78 is 5.98. The number of nitrogens with zero attached hydrogens (tertiary/aromatic N) is 1. The largest absolute Gasteiger partial charge is 0.485 e. The molecule has 0 spiro atoms.